The van der Waals surface area contributed by atoms with Gasteiger partial charge in [0.2, 0.25) is 0 Å². The molecule has 23 heavy (non-hydrogen) atoms. The summed E-state index contributed by atoms with van der Waals surface area (Å²) >= 11 is 3.38. The first kappa shape index (κ1) is 17.1. The van der Waals surface area contributed by atoms with Gasteiger partial charge in [-0.1, -0.05) is 18.2 Å². The minimum absolute atomic E-state index is 0.152. The van der Waals surface area contributed by atoms with Gasteiger partial charge >= 0.3 is 0 Å². The fourth-order valence-corrected chi connectivity index (χ4v) is 2.53. The van der Waals surface area contributed by atoms with E-state index in [9.17, 15) is 4.79 Å². The molecule has 0 N–H and O–H groups in total. The fourth-order valence-electron chi connectivity index (χ4n) is 2.03. The van der Waals surface area contributed by atoms with Gasteiger partial charge in [0.05, 0.1) is 31.4 Å². The zero-order valence-electron chi connectivity index (χ0n) is 13.1. The zero-order valence-corrected chi connectivity index (χ0v) is 14.7. The number of ether oxygens (including phenoxy) is 3. The molecular formula is C18H17BrO4. The van der Waals surface area contributed by atoms with Crippen LogP contribution >= 0.6 is 15.9 Å². The van der Waals surface area contributed by atoms with E-state index in [2.05, 4.69) is 15.9 Å². The Morgan fingerprint density at radius 2 is 1.61 bits per heavy atom. The van der Waals surface area contributed by atoms with Crippen molar-refractivity contribution < 1.29 is 19.0 Å². The lowest BCUT2D eigenvalue weighted by Gasteiger charge is -2.10. The summed E-state index contributed by atoms with van der Waals surface area (Å²) in [4.78, 5) is 12.4. The van der Waals surface area contributed by atoms with E-state index in [0.717, 1.165) is 11.3 Å². The molecule has 5 heteroatoms. The number of carbonyl (C=O) groups is 1. The molecule has 2 aromatic carbocycles. The highest BCUT2D eigenvalue weighted by Crippen LogP contribution is 2.33. The molecule has 0 aliphatic rings. The van der Waals surface area contributed by atoms with Gasteiger partial charge < -0.3 is 14.2 Å². The van der Waals surface area contributed by atoms with Gasteiger partial charge in [-0.15, -0.1) is 0 Å². The van der Waals surface area contributed by atoms with E-state index in [-0.39, 0.29) is 5.78 Å². The molecule has 2 rings (SSSR count). The number of carbonyl (C=O) groups excluding carboxylic acids is 1. The van der Waals surface area contributed by atoms with Gasteiger partial charge in [-0.2, -0.15) is 0 Å². The monoisotopic (exact) mass is 376 g/mol. The highest BCUT2D eigenvalue weighted by Gasteiger charge is 2.14. The van der Waals surface area contributed by atoms with Gasteiger partial charge in [0, 0.05) is 6.07 Å². The number of hydrogen-bond donors (Lipinski definition) is 0. The maximum Gasteiger partial charge on any atom is 0.189 e. The van der Waals surface area contributed by atoms with Crippen LogP contribution in [0.2, 0.25) is 0 Å². The second-order valence-corrected chi connectivity index (χ2v) is 5.51. The summed E-state index contributed by atoms with van der Waals surface area (Å²) in [7, 11) is 4.69. The third-order valence-electron chi connectivity index (χ3n) is 3.28. The van der Waals surface area contributed by atoms with Crippen molar-refractivity contribution in [2.24, 2.45) is 0 Å². The minimum atomic E-state index is -0.152. The van der Waals surface area contributed by atoms with Crippen molar-refractivity contribution in [2.45, 2.75) is 0 Å². The molecule has 0 spiro atoms. The van der Waals surface area contributed by atoms with E-state index in [4.69, 9.17) is 14.2 Å². The van der Waals surface area contributed by atoms with Gasteiger partial charge in [-0.25, -0.2) is 0 Å². The standard InChI is InChI=1S/C18H17BrO4/c1-21-13-7-4-12(5-8-13)6-9-16(20)14-10-15(19)18(23-3)11-17(14)22-2/h4-11H,1-3H3. The molecule has 0 aromatic heterocycles. The number of methoxy groups -OCH3 is 3. The Bertz CT molecular complexity index is 721. The molecule has 0 aliphatic heterocycles. The molecule has 0 saturated carbocycles. The van der Waals surface area contributed by atoms with Crippen LogP contribution < -0.4 is 14.2 Å². The van der Waals surface area contributed by atoms with Gasteiger partial charge in [0.25, 0.3) is 0 Å². The average Bonchev–Trinajstić information content (AvgIpc) is 2.59. The quantitative estimate of drug-likeness (QED) is 0.554. The summed E-state index contributed by atoms with van der Waals surface area (Å²) in [6, 6.07) is 10.8. The van der Waals surface area contributed by atoms with E-state index in [1.54, 1.807) is 32.4 Å². The Morgan fingerprint density at radius 1 is 0.957 bits per heavy atom. The van der Waals surface area contributed by atoms with Crippen molar-refractivity contribution in [3.8, 4) is 17.2 Å². The van der Waals surface area contributed by atoms with E-state index < -0.39 is 0 Å². The van der Waals surface area contributed by atoms with Crippen LogP contribution in [0, 0.1) is 0 Å². The summed E-state index contributed by atoms with van der Waals surface area (Å²) < 4.78 is 16.3. The summed E-state index contributed by atoms with van der Waals surface area (Å²) in [5.41, 5.74) is 1.37. The van der Waals surface area contributed by atoms with Gasteiger partial charge in [0.15, 0.2) is 5.78 Å². The molecular weight excluding hydrogens is 360 g/mol. The SMILES string of the molecule is COc1ccc(C=CC(=O)c2cc(Br)c(OC)cc2OC)cc1. The van der Waals surface area contributed by atoms with E-state index >= 15 is 0 Å². The lowest BCUT2D eigenvalue weighted by atomic mass is 10.1. The second-order valence-electron chi connectivity index (χ2n) is 4.66. The van der Waals surface area contributed by atoms with Crippen molar-refractivity contribution in [1.82, 2.24) is 0 Å². The fraction of sp³-hybridized carbons (Fsp3) is 0.167. The molecule has 0 saturated heterocycles. The Kier molecular flexibility index (Phi) is 5.82. The number of benzene rings is 2. The average molecular weight is 377 g/mol. The van der Waals surface area contributed by atoms with Crippen LogP contribution in [0.5, 0.6) is 17.2 Å². The molecule has 0 unspecified atom stereocenters. The molecule has 4 nitrogen and oxygen atoms in total. The molecule has 0 atom stereocenters. The first-order valence-electron chi connectivity index (χ1n) is 6.87. The predicted octanol–water partition coefficient (Wildman–Crippen LogP) is 4.37. The largest absolute Gasteiger partial charge is 0.497 e. The van der Waals surface area contributed by atoms with Crippen LogP contribution in [0.25, 0.3) is 6.08 Å². The molecule has 0 heterocycles. The van der Waals surface area contributed by atoms with Crippen LogP contribution in [-0.4, -0.2) is 27.1 Å². The number of allylic oxidation sites excluding steroid dienone is 1. The van der Waals surface area contributed by atoms with Crippen LogP contribution in [0.15, 0.2) is 46.9 Å². The first-order valence-corrected chi connectivity index (χ1v) is 7.66. The van der Waals surface area contributed by atoms with Crippen molar-refractivity contribution >= 4 is 27.8 Å². The first-order chi connectivity index (χ1) is 11.1. The number of ketones is 1. The van der Waals surface area contributed by atoms with Gasteiger partial charge in [0.1, 0.15) is 17.2 Å². The zero-order chi connectivity index (χ0) is 16.8. The Labute approximate surface area is 143 Å². The Hall–Kier alpha value is -2.27. The highest BCUT2D eigenvalue weighted by atomic mass is 79.9. The summed E-state index contributed by atoms with van der Waals surface area (Å²) in [6.45, 7) is 0. The van der Waals surface area contributed by atoms with Crippen molar-refractivity contribution in [3.05, 3.63) is 58.1 Å². The van der Waals surface area contributed by atoms with Crippen LogP contribution in [-0.2, 0) is 0 Å². The molecule has 2 aromatic rings. The third kappa shape index (κ3) is 4.13. The second kappa shape index (κ2) is 7.83. The Morgan fingerprint density at radius 3 is 2.17 bits per heavy atom. The molecule has 0 amide bonds. The van der Waals surface area contributed by atoms with Crippen molar-refractivity contribution in [1.29, 1.82) is 0 Å². The molecule has 120 valence electrons. The van der Waals surface area contributed by atoms with Crippen LogP contribution in [0.3, 0.4) is 0 Å². The number of rotatable bonds is 6. The molecule has 0 radical (unpaired) electrons. The maximum absolute atomic E-state index is 12.4. The van der Waals surface area contributed by atoms with Crippen molar-refractivity contribution in [2.75, 3.05) is 21.3 Å². The molecule has 0 aliphatic carbocycles. The summed E-state index contributed by atoms with van der Waals surface area (Å²) in [6.07, 6.45) is 3.26. The Balaban J connectivity index is 2.25. The topological polar surface area (TPSA) is 44.8 Å². The van der Waals surface area contributed by atoms with Crippen molar-refractivity contribution in [3.63, 3.8) is 0 Å². The van der Waals surface area contributed by atoms with E-state index in [0.29, 0.717) is 21.5 Å². The number of hydrogen-bond acceptors (Lipinski definition) is 4. The minimum Gasteiger partial charge on any atom is -0.497 e. The maximum atomic E-state index is 12.4. The van der Waals surface area contributed by atoms with Gasteiger partial charge in [-0.3, -0.25) is 4.79 Å². The molecule has 0 fully saturated rings. The van der Waals surface area contributed by atoms with Gasteiger partial charge in [-0.05, 0) is 45.8 Å². The third-order valence-corrected chi connectivity index (χ3v) is 3.90. The smallest absolute Gasteiger partial charge is 0.189 e. The number of halogens is 1. The van der Waals surface area contributed by atoms with E-state index in [1.165, 1.54) is 13.2 Å². The lowest BCUT2D eigenvalue weighted by molar-refractivity contribution is 0.104. The molecule has 0 bridgehead atoms. The normalized spacial score (nSPS) is 10.6. The summed E-state index contributed by atoms with van der Waals surface area (Å²) in [5.74, 6) is 1.70. The van der Waals surface area contributed by atoms with Crippen LogP contribution in [0.4, 0.5) is 0 Å². The predicted molar refractivity (Wildman–Crippen MR) is 93.6 cm³/mol. The highest BCUT2D eigenvalue weighted by molar-refractivity contribution is 9.10. The van der Waals surface area contributed by atoms with E-state index in [1.807, 2.05) is 24.3 Å². The lowest BCUT2D eigenvalue weighted by Crippen LogP contribution is -2.00. The van der Waals surface area contributed by atoms with Crippen LogP contribution in [0.1, 0.15) is 15.9 Å². The summed E-state index contributed by atoms with van der Waals surface area (Å²) in [5, 5.41) is 0.